The zero-order chi connectivity index (χ0) is 14.8. The molecule has 1 amide bonds. The molecule has 21 heavy (non-hydrogen) atoms. The van der Waals surface area contributed by atoms with Crippen molar-refractivity contribution in [2.45, 2.75) is 31.7 Å². The number of carboxylic acids is 1. The molecule has 1 saturated carbocycles. The molecular weight excluding hydrogens is 272 g/mol. The highest BCUT2D eigenvalue weighted by molar-refractivity contribution is 6.01. The van der Waals surface area contributed by atoms with E-state index in [0.29, 0.717) is 11.1 Å². The van der Waals surface area contributed by atoms with Crippen molar-refractivity contribution in [2.24, 2.45) is 0 Å². The first-order chi connectivity index (χ1) is 10.2. The van der Waals surface area contributed by atoms with Gasteiger partial charge in [-0.25, -0.2) is 4.52 Å². The van der Waals surface area contributed by atoms with Gasteiger partial charge in [0, 0.05) is 18.4 Å². The van der Waals surface area contributed by atoms with E-state index in [1.165, 1.54) is 11.1 Å². The molecule has 0 saturated heterocycles. The van der Waals surface area contributed by atoms with Gasteiger partial charge in [-0.15, -0.1) is 0 Å². The van der Waals surface area contributed by atoms with Crippen LogP contribution in [0.1, 0.15) is 36.0 Å². The second-order valence-corrected chi connectivity index (χ2v) is 5.23. The summed E-state index contributed by atoms with van der Waals surface area (Å²) in [7, 11) is 0. The standard InChI is InChI=1S/C14H16N4O3/c19-13(20)9-17(10-3-1-2-4-10)14(21)11-7-16-18-6-5-15-8-12(11)18/h5-8,10H,1-4,9H2,(H,19,20). The van der Waals surface area contributed by atoms with Crippen molar-refractivity contribution in [3.63, 3.8) is 0 Å². The van der Waals surface area contributed by atoms with Crippen molar-refractivity contribution in [1.29, 1.82) is 0 Å². The Balaban J connectivity index is 1.94. The van der Waals surface area contributed by atoms with Crippen LogP contribution in [-0.4, -0.2) is 49.1 Å². The number of carbonyl (C=O) groups is 2. The van der Waals surface area contributed by atoms with Crippen LogP contribution in [0.5, 0.6) is 0 Å². The van der Waals surface area contributed by atoms with Gasteiger partial charge < -0.3 is 10.0 Å². The van der Waals surface area contributed by atoms with Gasteiger partial charge in [0.05, 0.1) is 23.5 Å². The number of fused-ring (bicyclic) bond motifs is 1. The predicted octanol–water partition coefficient (Wildman–Crippen LogP) is 1.20. The van der Waals surface area contributed by atoms with E-state index in [0.717, 1.165) is 25.7 Å². The van der Waals surface area contributed by atoms with Crippen LogP contribution in [0.25, 0.3) is 5.52 Å². The number of rotatable bonds is 4. The highest BCUT2D eigenvalue weighted by Crippen LogP contribution is 2.25. The average Bonchev–Trinajstić information content (AvgIpc) is 3.13. The maximum atomic E-state index is 12.7. The Kier molecular flexibility index (Phi) is 3.55. The lowest BCUT2D eigenvalue weighted by Gasteiger charge is -2.27. The van der Waals surface area contributed by atoms with Crippen LogP contribution in [0.15, 0.2) is 24.8 Å². The molecule has 0 bridgehead atoms. The van der Waals surface area contributed by atoms with Crippen molar-refractivity contribution in [3.05, 3.63) is 30.4 Å². The van der Waals surface area contributed by atoms with E-state index in [2.05, 4.69) is 10.1 Å². The lowest BCUT2D eigenvalue weighted by molar-refractivity contribution is -0.138. The summed E-state index contributed by atoms with van der Waals surface area (Å²) in [6.07, 6.45) is 10.1. The van der Waals surface area contributed by atoms with Crippen molar-refractivity contribution >= 4 is 17.4 Å². The topological polar surface area (TPSA) is 87.8 Å². The van der Waals surface area contributed by atoms with Gasteiger partial charge in [-0.05, 0) is 12.8 Å². The van der Waals surface area contributed by atoms with Crippen molar-refractivity contribution in [1.82, 2.24) is 19.5 Å². The van der Waals surface area contributed by atoms with Crippen LogP contribution in [0.3, 0.4) is 0 Å². The minimum atomic E-state index is -0.996. The van der Waals surface area contributed by atoms with Crippen LogP contribution in [0, 0.1) is 0 Å². The van der Waals surface area contributed by atoms with Gasteiger partial charge in [0.25, 0.3) is 5.91 Å². The minimum Gasteiger partial charge on any atom is -0.480 e. The first kappa shape index (κ1) is 13.5. The second-order valence-electron chi connectivity index (χ2n) is 5.23. The summed E-state index contributed by atoms with van der Waals surface area (Å²) >= 11 is 0. The first-order valence-electron chi connectivity index (χ1n) is 6.97. The maximum absolute atomic E-state index is 12.7. The summed E-state index contributed by atoms with van der Waals surface area (Å²) in [4.78, 5) is 29.3. The number of carbonyl (C=O) groups excluding carboxylic acids is 1. The molecule has 0 unspecified atom stereocenters. The lowest BCUT2D eigenvalue weighted by Crippen LogP contribution is -2.42. The molecule has 7 nitrogen and oxygen atoms in total. The van der Waals surface area contributed by atoms with E-state index in [9.17, 15) is 9.59 Å². The first-order valence-corrected chi connectivity index (χ1v) is 6.97. The van der Waals surface area contributed by atoms with Crippen LogP contribution >= 0.6 is 0 Å². The molecule has 1 fully saturated rings. The number of aliphatic carboxylic acids is 1. The maximum Gasteiger partial charge on any atom is 0.323 e. The zero-order valence-electron chi connectivity index (χ0n) is 11.5. The summed E-state index contributed by atoms with van der Waals surface area (Å²) in [6.45, 7) is -0.277. The van der Waals surface area contributed by atoms with E-state index < -0.39 is 5.97 Å². The van der Waals surface area contributed by atoms with E-state index >= 15 is 0 Å². The van der Waals surface area contributed by atoms with Gasteiger partial charge in [0.2, 0.25) is 0 Å². The zero-order valence-corrected chi connectivity index (χ0v) is 11.5. The number of aromatic nitrogens is 3. The number of nitrogens with zero attached hydrogens (tertiary/aromatic N) is 4. The summed E-state index contributed by atoms with van der Waals surface area (Å²) in [5, 5.41) is 13.2. The van der Waals surface area contributed by atoms with Crippen molar-refractivity contribution in [2.75, 3.05) is 6.54 Å². The molecule has 0 spiro atoms. The molecule has 1 N–H and O–H groups in total. The molecule has 0 aliphatic heterocycles. The summed E-state index contributed by atoms with van der Waals surface area (Å²) in [5.74, 6) is -1.28. The van der Waals surface area contributed by atoms with E-state index in [4.69, 9.17) is 5.11 Å². The van der Waals surface area contributed by atoms with E-state index in [-0.39, 0.29) is 18.5 Å². The Labute approximate surface area is 121 Å². The molecule has 110 valence electrons. The summed E-state index contributed by atoms with van der Waals surface area (Å²) in [6, 6.07) is 0.000205. The smallest absolute Gasteiger partial charge is 0.323 e. The summed E-state index contributed by atoms with van der Waals surface area (Å²) < 4.78 is 1.56. The van der Waals surface area contributed by atoms with Gasteiger partial charge in [0.15, 0.2) is 0 Å². The Morgan fingerprint density at radius 2 is 2.10 bits per heavy atom. The van der Waals surface area contributed by atoms with Crippen LogP contribution < -0.4 is 0 Å². The molecule has 1 aliphatic rings. The Morgan fingerprint density at radius 3 is 2.81 bits per heavy atom. The number of amides is 1. The van der Waals surface area contributed by atoms with Gasteiger partial charge >= 0.3 is 5.97 Å². The third kappa shape index (κ3) is 2.58. The Hall–Kier alpha value is -2.44. The fraction of sp³-hybridized carbons (Fsp3) is 0.429. The SMILES string of the molecule is O=C(O)CN(C(=O)c1cnn2ccncc12)C1CCCC1. The van der Waals surface area contributed by atoms with Crippen LogP contribution in [0.4, 0.5) is 0 Å². The van der Waals surface area contributed by atoms with E-state index in [1.807, 2.05) is 0 Å². The van der Waals surface area contributed by atoms with Gasteiger partial charge in [0.1, 0.15) is 6.54 Å². The normalized spacial score (nSPS) is 15.4. The third-order valence-electron chi connectivity index (χ3n) is 3.89. The minimum absolute atomic E-state index is 0.000205. The van der Waals surface area contributed by atoms with Gasteiger partial charge in [-0.3, -0.25) is 14.6 Å². The fourth-order valence-corrected chi connectivity index (χ4v) is 2.88. The quantitative estimate of drug-likeness (QED) is 0.913. The molecule has 2 heterocycles. The molecule has 1 aliphatic carbocycles. The number of hydrogen-bond donors (Lipinski definition) is 1. The Bertz CT molecular complexity index is 676. The number of hydrogen-bond acceptors (Lipinski definition) is 4. The lowest BCUT2D eigenvalue weighted by atomic mass is 10.1. The van der Waals surface area contributed by atoms with Crippen molar-refractivity contribution in [3.8, 4) is 0 Å². The second kappa shape index (κ2) is 5.51. The Morgan fingerprint density at radius 1 is 1.33 bits per heavy atom. The van der Waals surface area contributed by atoms with E-state index in [1.54, 1.807) is 23.1 Å². The molecule has 7 heteroatoms. The fourth-order valence-electron chi connectivity index (χ4n) is 2.88. The predicted molar refractivity (Wildman–Crippen MR) is 73.9 cm³/mol. The molecule has 3 rings (SSSR count). The largest absolute Gasteiger partial charge is 0.480 e. The van der Waals surface area contributed by atoms with Gasteiger partial charge in [-0.1, -0.05) is 12.8 Å². The summed E-state index contributed by atoms with van der Waals surface area (Å²) in [5.41, 5.74) is 0.993. The molecule has 2 aromatic heterocycles. The molecule has 0 aromatic carbocycles. The average molecular weight is 288 g/mol. The van der Waals surface area contributed by atoms with Gasteiger partial charge in [-0.2, -0.15) is 5.10 Å². The highest BCUT2D eigenvalue weighted by Gasteiger charge is 2.30. The highest BCUT2D eigenvalue weighted by atomic mass is 16.4. The molecular formula is C14H16N4O3. The van der Waals surface area contributed by atoms with Crippen LogP contribution in [-0.2, 0) is 4.79 Å². The van der Waals surface area contributed by atoms with Crippen LogP contribution in [0.2, 0.25) is 0 Å². The molecule has 0 atom stereocenters. The molecule has 0 radical (unpaired) electrons. The third-order valence-corrected chi connectivity index (χ3v) is 3.89. The van der Waals surface area contributed by atoms with Crippen molar-refractivity contribution < 1.29 is 14.7 Å². The number of carboxylic acid groups (broad SMARTS) is 1. The molecule has 2 aromatic rings. The monoisotopic (exact) mass is 288 g/mol.